The number of nitrogens with zero attached hydrogens (tertiary/aromatic N) is 1. The third-order valence-electron chi connectivity index (χ3n) is 5.59. The molecule has 0 aliphatic heterocycles. The first-order valence-electron chi connectivity index (χ1n) is 8.97. The van der Waals surface area contributed by atoms with E-state index in [4.69, 9.17) is 15.2 Å². The number of ether oxygens (including phenoxy) is 2. The Morgan fingerprint density at radius 3 is 1.64 bits per heavy atom. The number of carbonyl (C=O) groups is 2. The molecule has 0 unspecified atom stereocenters. The van der Waals surface area contributed by atoms with Gasteiger partial charge in [-0.25, -0.2) is 0 Å². The standard InChI is InChI=1S/C22H22N2O4/c1-27-17-7-3-14(4-8-17)19-11-16(25)12-20(22(19,13-23)21(24)26)15-5-9-18(28-2)10-6-15/h3-10,19-20H,11-12H2,1-2H3,(H2,24,26)/t19-,20-/m0/s1. The van der Waals surface area contributed by atoms with Crippen molar-refractivity contribution >= 4 is 11.7 Å². The van der Waals surface area contributed by atoms with Gasteiger partial charge in [-0.3, -0.25) is 9.59 Å². The predicted octanol–water partition coefficient (Wildman–Crippen LogP) is 2.93. The van der Waals surface area contributed by atoms with Crippen molar-refractivity contribution in [3.63, 3.8) is 0 Å². The van der Waals surface area contributed by atoms with Crippen molar-refractivity contribution in [3.8, 4) is 17.6 Å². The van der Waals surface area contributed by atoms with Gasteiger partial charge >= 0.3 is 0 Å². The van der Waals surface area contributed by atoms with Gasteiger partial charge in [0.2, 0.25) is 5.91 Å². The van der Waals surface area contributed by atoms with E-state index in [-0.39, 0.29) is 18.6 Å². The van der Waals surface area contributed by atoms with E-state index >= 15 is 0 Å². The summed E-state index contributed by atoms with van der Waals surface area (Å²) < 4.78 is 10.4. The maximum absolute atomic E-state index is 12.7. The summed E-state index contributed by atoms with van der Waals surface area (Å²) in [5.41, 5.74) is 5.70. The van der Waals surface area contributed by atoms with Crippen LogP contribution in [-0.2, 0) is 9.59 Å². The number of Topliss-reactive ketones (excluding diaryl/α,β-unsaturated/α-hetero) is 1. The van der Waals surface area contributed by atoms with Crippen molar-refractivity contribution in [2.45, 2.75) is 24.7 Å². The van der Waals surface area contributed by atoms with Gasteiger partial charge in [0.15, 0.2) is 0 Å². The van der Waals surface area contributed by atoms with Crippen LogP contribution in [0.3, 0.4) is 0 Å². The zero-order chi connectivity index (χ0) is 20.3. The van der Waals surface area contributed by atoms with Crippen LogP contribution in [-0.4, -0.2) is 25.9 Å². The molecule has 0 aromatic heterocycles. The van der Waals surface area contributed by atoms with Crippen LogP contribution in [0.25, 0.3) is 0 Å². The van der Waals surface area contributed by atoms with Gasteiger partial charge < -0.3 is 15.2 Å². The van der Waals surface area contributed by atoms with Gasteiger partial charge in [0, 0.05) is 24.7 Å². The van der Waals surface area contributed by atoms with E-state index in [1.165, 1.54) is 0 Å². The highest BCUT2D eigenvalue weighted by Crippen LogP contribution is 2.53. The van der Waals surface area contributed by atoms with Crippen molar-refractivity contribution in [2.24, 2.45) is 11.1 Å². The molecule has 2 atom stereocenters. The number of rotatable bonds is 5. The van der Waals surface area contributed by atoms with Gasteiger partial charge in [-0.05, 0) is 35.4 Å². The summed E-state index contributed by atoms with van der Waals surface area (Å²) in [5, 5.41) is 10.2. The molecule has 1 aliphatic carbocycles. The molecule has 6 nitrogen and oxygen atoms in total. The highest BCUT2D eigenvalue weighted by atomic mass is 16.5. The topological polar surface area (TPSA) is 102 Å². The number of amides is 1. The molecule has 2 aromatic rings. The minimum Gasteiger partial charge on any atom is -0.497 e. The average molecular weight is 378 g/mol. The second-order valence-corrected chi connectivity index (χ2v) is 6.94. The van der Waals surface area contributed by atoms with Gasteiger partial charge in [-0.1, -0.05) is 24.3 Å². The summed E-state index contributed by atoms with van der Waals surface area (Å²) in [4.78, 5) is 25.3. The number of hydrogen-bond donors (Lipinski definition) is 1. The second-order valence-electron chi connectivity index (χ2n) is 6.94. The van der Waals surface area contributed by atoms with Crippen molar-refractivity contribution in [3.05, 3.63) is 59.7 Å². The fraction of sp³-hybridized carbons (Fsp3) is 0.318. The van der Waals surface area contributed by atoms with E-state index in [0.717, 1.165) is 0 Å². The van der Waals surface area contributed by atoms with Crippen LogP contribution in [0.2, 0.25) is 0 Å². The summed E-state index contributed by atoms with van der Waals surface area (Å²) >= 11 is 0. The zero-order valence-electron chi connectivity index (χ0n) is 15.8. The number of benzene rings is 2. The summed E-state index contributed by atoms with van der Waals surface area (Å²) in [6, 6.07) is 16.3. The number of nitrogens with two attached hydrogens (primary N) is 1. The largest absolute Gasteiger partial charge is 0.497 e. The number of carbonyl (C=O) groups excluding carboxylic acids is 2. The molecular weight excluding hydrogens is 356 g/mol. The maximum Gasteiger partial charge on any atom is 0.239 e. The molecule has 1 saturated carbocycles. The maximum atomic E-state index is 12.7. The Bertz CT molecular complexity index is 854. The molecule has 144 valence electrons. The Balaban J connectivity index is 2.13. The lowest BCUT2D eigenvalue weighted by Crippen LogP contribution is -2.49. The smallest absolute Gasteiger partial charge is 0.239 e. The first-order valence-corrected chi connectivity index (χ1v) is 8.97. The van der Waals surface area contributed by atoms with Crippen LogP contribution in [0.15, 0.2) is 48.5 Å². The van der Waals surface area contributed by atoms with Crippen molar-refractivity contribution in [1.29, 1.82) is 5.26 Å². The lowest BCUT2D eigenvalue weighted by atomic mass is 9.56. The lowest BCUT2D eigenvalue weighted by molar-refractivity contribution is -0.132. The molecule has 0 bridgehead atoms. The Morgan fingerprint density at radius 1 is 0.964 bits per heavy atom. The van der Waals surface area contributed by atoms with Crippen molar-refractivity contribution < 1.29 is 19.1 Å². The molecule has 0 radical (unpaired) electrons. The van der Waals surface area contributed by atoms with Crippen LogP contribution >= 0.6 is 0 Å². The van der Waals surface area contributed by atoms with Crippen LogP contribution in [0.1, 0.15) is 35.8 Å². The SMILES string of the molecule is COc1ccc([C@@H]2CC(=O)C[C@@H](c3ccc(OC)cc3)C2(C#N)C(N)=O)cc1. The zero-order valence-corrected chi connectivity index (χ0v) is 15.8. The Kier molecular flexibility index (Phi) is 5.36. The lowest BCUT2D eigenvalue weighted by Gasteiger charge is -2.42. The minimum atomic E-state index is -1.53. The number of nitriles is 1. The Labute approximate surface area is 163 Å². The van der Waals surface area contributed by atoms with E-state index in [0.29, 0.717) is 22.6 Å². The van der Waals surface area contributed by atoms with Crippen LogP contribution in [0, 0.1) is 16.7 Å². The van der Waals surface area contributed by atoms with Crippen molar-refractivity contribution in [1.82, 2.24) is 0 Å². The van der Waals surface area contributed by atoms with Gasteiger partial charge in [0.25, 0.3) is 0 Å². The predicted molar refractivity (Wildman–Crippen MR) is 103 cm³/mol. The highest BCUT2D eigenvalue weighted by Gasteiger charge is 2.56. The number of methoxy groups -OCH3 is 2. The van der Waals surface area contributed by atoms with Gasteiger partial charge in [-0.2, -0.15) is 5.26 Å². The Hall–Kier alpha value is -3.33. The molecular formula is C22H22N2O4. The van der Waals surface area contributed by atoms with Crippen LogP contribution in [0.5, 0.6) is 11.5 Å². The molecule has 0 saturated heterocycles. The molecule has 2 N–H and O–H groups in total. The molecule has 1 aliphatic rings. The number of primary amides is 1. The Morgan fingerprint density at radius 2 is 1.36 bits per heavy atom. The minimum absolute atomic E-state index is 0.00578. The highest BCUT2D eigenvalue weighted by molar-refractivity contribution is 5.92. The molecule has 0 spiro atoms. The average Bonchev–Trinajstić information content (AvgIpc) is 2.73. The normalized spacial score (nSPS) is 20.8. The third-order valence-corrected chi connectivity index (χ3v) is 5.59. The molecule has 6 heteroatoms. The van der Waals surface area contributed by atoms with Crippen molar-refractivity contribution in [2.75, 3.05) is 14.2 Å². The van der Waals surface area contributed by atoms with E-state index < -0.39 is 23.2 Å². The first kappa shape index (κ1) is 19.4. The molecule has 2 aromatic carbocycles. The third kappa shape index (κ3) is 3.20. The molecule has 28 heavy (non-hydrogen) atoms. The van der Waals surface area contributed by atoms with E-state index in [1.54, 1.807) is 62.8 Å². The summed E-state index contributed by atoms with van der Waals surface area (Å²) in [6.07, 6.45) is 0.185. The van der Waals surface area contributed by atoms with Gasteiger partial charge in [-0.15, -0.1) is 0 Å². The number of ketones is 1. The van der Waals surface area contributed by atoms with Crippen LogP contribution < -0.4 is 15.2 Å². The first-order chi connectivity index (χ1) is 13.5. The van der Waals surface area contributed by atoms with E-state index in [1.807, 2.05) is 0 Å². The van der Waals surface area contributed by atoms with Crippen LogP contribution in [0.4, 0.5) is 0 Å². The fourth-order valence-corrected chi connectivity index (χ4v) is 4.09. The fourth-order valence-electron chi connectivity index (χ4n) is 4.09. The summed E-state index contributed by atoms with van der Waals surface area (Å²) in [7, 11) is 3.11. The molecule has 1 fully saturated rings. The van der Waals surface area contributed by atoms with Gasteiger partial charge in [0.05, 0.1) is 20.3 Å². The molecule has 0 heterocycles. The summed E-state index contributed by atoms with van der Waals surface area (Å²) in [6.45, 7) is 0. The van der Waals surface area contributed by atoms with Gasteiger partial charge in [0.1, 0.15) is 22.7 Å². The quantitative estimate of drug-likeness (QED) is 0.862. The van der Waals surface area contributed by atoms with E-state index in [9.17, 15) is 14.9 Å². The monoisotopic (exact) mass is 378 g/mol. The molecule has 3 rings (SSSR count). The number of hydrogen-bond acceptors (Lipinski definition) is 5. The summed E-state index contributed by atoms with van der Waals surface area (Å²) in [5.74, 6) is -0.681. The second kappa shape index (κ2) is 7.73. The van der Waals surface area contributed by atoms with E-state index in [2.05, 4.69) is 6.07 Å². The molecule has 1 amide bonds.